The van der Waals surface area contributed by atoms with E-state index in [9.17, 15) is 9.90 Å². The summed E-state index contributed by atoms with van der Waals surface area (Å²) in [5.41, 5.74) is 6.56. The molecule has 146 valence electrons. The van der Waals surface area contributed by atoms with Crippen molar-refractivity contribution in [2.45, 2.75) is 32.9 Å². The number of rotatable bonds is 5. The average molecular weight is 383 g/mol. The Morgan fingerprint density at radius 1 is 0.931 bits per heavy atom. The Hall–Kier alpha value is -3.17. The second-order valence-electron chi connectivity index (χ2n) is 7.63. The van der Waals surface area contributed by atoms with E-state index in [0.29, 0.717) is 18.5 Å². The van der Waals surface area contributed by atoms with Gasteiger partial charge in [0.25, 0.3) is 5.91 Å². The number of hydrogen-bond donors (Lipinski definition) is 1. The van der Waals surface area contributed by atoms with Gasteiger partial charge in [-0.15, -0.1) is 0 Å². The third kappa shape index (κ3) is 3.74. The van der Waals surface area contributed by atoms with E-state index >= 15 is 0 Å². The highest BCUT2D eigenvalue weighted by molar-refractivity contribution is 6.33. The lowest BCUT2D eigenvalue weighted by Crippen LogP contribution is -2.26. The van der Waals surface area contributed by atoms with Crippen LogP contribution in [0.4, 0.5) is 5.69 Å². The number of nitrogens with zero attached hydrogens (tertiary/aromatic N) is 1. The molecule has 4 rings (SSSR count). The second-order valence-corrected chi connectivity index (χ2v) is 7.63. The van der Waals surface area contributed by atoms with Crippen LogP contribution >= 0.6 is 0 Å². The minimum absolute atomic E-state index is 0.00420. The van der Waals surface area contributed by atoms with Gasteiger partial charge in [0.1, 0.15) is 0 Å². The zero-order valence-corrected chi connectivity index (χ0v) is 16.8. The Kier molecular flexibility index (Phi) is 5.32. The van der Waals surface area contributed by atoms with Crippen LogP contribution in [0.5, 0.6) is 0 Å². The molecule has 3 heteroatoms. The normalized spacial score (nSPS) is 16.0. The highest BCUT2D eigenvalue weighted by Gasteiger charge is 2.33. The van der Waals surface area contributed by atoms with E-state index in [4.69, 9.17) is 0 Å². The Balaban J connectivity index is 1.68. The summed E-state index contributed by atoms with van der Waals surface area (Å²) in [5.74, 6) is 0.00420. The third-order valence-electron chi connectivity index (χ3n) is 5.58. The number of aliphatic hydroxyl groups excluding tert-OH is 1. The summed E-state index contributed by atoms with van der Waals surface area (Å²) in [5, 5.41) is 10.8. The number of anilines is 1. The van der Waals surface area contributed by atoms with E-state index in [1.165, 1.54) is 0 Å². The molecular weight excluding hydrogens is 358 g/mol. The van der Waals surface area contributed by atoms with Gasteiger partial charge in [-0.2, -0.15) is 0 Å². The van der Waals surface area contributed by atoms with Crippen LogP contribution in [0.2, 0.25) is 0 Å². The standard InChI is InChI=1S/C26H25NO2/c1-18-10-6-7-13-21(18)24(28)16-19(2)25-22-14-8-9-15-23(22)27(26(25)29)17-20-11-4-3-5-12-20/h3-15,24,28H,16-17H2,1-2H3/b25-19-/t24-/m1/s1. The minimum atomic E-state index is -0.633. The van der Waals surface area contributed by atoms with Gasteiger partial charge in [-0.25, -0.2) is 0 Å². The van der Waals surface area contributed by atoms with Gasteiger partial charge in [0, 0.05) is 11.1 Å². The first kappa shape index (κ1) is 19.2. The van der Waals surface area contributed by atoms with Gasteiger partial charge in [-0.05, 0) is 43.0 Å². The van der Waals surface area contributed by atoms with Crippen molar-refractivity contribution < 1.29 is 9.90 Å². The van der Waals surface area contributed by atoms with E-state index in [-0.39, 0.29) is 5.91 Å². The van der Waals surface area contributed by atoms with Crippen LogP contribution in [0.3, 0.4) is 0 Å². The maximum absolute atomic E-state index is 13.4. The summed E-state index contributed by atoms with van der Waals surface area (Å²) in [6.45, 7) is 4.49. The van der Waals surface area contributed by atoms with Crippen molar-refractivity contribution in [3.63, 3.8) is 0 Å². The SMILES string of the molecule is C/C(C[C@@H](O)c1ccccc1C)=C1/C(=O)N(Cc2ccccc2)c2ccccc21. The number of aryl methyl sites for hydroxylation is 1. The molecule has 29 heavy (non-hydrogen) atoms. The molecule has 1 atom stereocenters. The first-order chi connectivity index (χ1) is 14.1. The molecule has 0 radical (unpaired) electrons. The van der Waals surface area contributed by atoms with Gasteiger partial charge >= 0.3 is 0 Å². The first-order valence-electron chi connectivity index (χ1n) is 9.95. The van der Waals surface area contributed by atoms with Crippen molar-refractivity contribution in [2.24, 2.45) is 0 Å². The van der Waals surface area contributed by atoms with Crippen molar-refractivity contribution in [1.29, 1.82) is 0 Å². The molecule has 1 aliphatic rings. The number of fused-ring (bicyclic) bond motifs is 1. The van der Waals surface area contributed by atoms with Gasteiger partial charge in [0.15, 0.2) is 0 Å². The number of hydrogen-bond acceptors (Lipinski definition) is 2. The molecule has 0 aliphatic carbocycles. The van der Waals surface area contributed by atoms with Crippen molar-refractivity contribution >= 4 is 17.2 Å². The number of carbonyl (C=O) groups excluding carboxylic acids is 1. The van der Waals surface area contributed by atoms with Crippen molar-refractivity contribution in [2.75, 3.05) is 4.90 Å². The number of carbonyl (C=O) groups is 1. The molecule has 0 unspecified atom stereocenters. The molecule has 0 saturated heterocycles. The van der Waals surface area contributed by atoms with Crippen LogP contribution in [0, 0.1) is 6.92 Å². The molecular formula is C26H25NO2. The van der Waals surface area contributed by atoms with Gasteiger partial charge in [-0.1, -0.05) is 78.4 Å². The quantitative estimate of drug-likeness (QED) is 0.596. The molecule has 0 fully saturated rings. The monoisotopic (exact) mass is 383 g/mol. The first-order valence-corrected chi connectivity index (χ1v) is 9.95. The number of para-hydroxylation sites is 1. The Bertz CT molecular complexity index is 1070. The second kappa shape index (κ2) is 8.06. The van der Waals surface area contributed by atoms with Gasteiger partial charge in [0.05, 0.1) is 18.3 Å². The van der Waals surface area contributed by atoms with Gasteiger partial charge in [0.2, 0.25) is 0 Å². The fraction of sp³-hybridized carbons (Fsp3) is 0.192. The maximum Gasteiger partial charge on any atom is 0.259 e. The smallest absolute Gasteiger partial charge is 0.259 e. The largest absolute Gasteiger partial charge is 0.388 e. The fourth-order valence-electron chi connectivity index (χ4n) is 4.08. The van der Waals surface area contributed by atoms with E-state index in [0.717, 1.165) is 33.5 Å². The topological polar surface area (TPSA) is 40.5 Å². The summed E-state index contributed by atoms with van der Waals surface area (Å²) in [6, 6.07) is 25.8. The van der Waals surface area contributed by atoms with Crippen LogP contribution in [0.1, 0.15) is 41.7 Å². The molecule has 1 heterocycles. The molecule has 0 saturated carbocycles. The van der Waals surface area contributed by atoms with Crippen LogP contribution in [-0.2, 0) is 11.3 Å². The predicted octanol–water partition coefficient (Wildman–Crippen LogP) is 5.44. The highest BCUT2D eigenvalue weighted by Crippen LogP contribution is 2.40. The summed E-state index contributed by atoms with van der Waals surface area (Å²) in [6.07, 6.45) is -0.203. The number of amides is 1. The zero-order valence-electron chi connectivity index (χ0n) is 16.8. The molecule has 3 aromatic rings. The molecule has 3 aromatic carbocycles. The Morgan fingerprint density at radius 2 is 1.59 bits per heavy atom. The zero-order chi connectivity index (χ0) is 20.4. The highest BCUT2D eigenvalue weighted by atomic mass is 16.3. The summed E-state index contributed by atoms with van der Waals surface area (Å²) >= 11 is 0. The molecule has 3 nitrogen and oxygen atoms in total. The molecule has 0 spiro atoms. The van der Waals surface area contributed by atoms with Crippen molar-refractivity contribution in [1.82, 2.24) is 0 Å². The third-order valence-corrected chi connectivity index (χ3v) is 5.58. The summed E-state index contributed by atoms with van der Waals surface area (Å²) in [4.78, 5) is 15.2. The molecule has 1 N–H and O–H groups in total. The number of aliphatic hydroxyl groups is 1. The maximum atomic E-state index is 13.4. The lowest BCUT2D eigenvalue weighted by molar-refractivity contribution is -0.113. The summed E-state index contributed by atoms with van der Waals surface area (Å²) < 4.78 is 0. The van der Waals surface area contributed by atoms with Crippen LogP contribution in [-0.4, -0.2) is 11.0 Å². The van der Waals surface area contributed by atoms with Crippen LogP contribution < -0.4 is 4.90 Å². The fourth-order valence-corrected chi connectivity index (χ4v) is 4.08. The van der Waals surface area contributed by atoms with E-state index in [1.54, 1.807) is 0 Å². The Morgan fingerprint density at radius 3 is 2.34 bits per heavy atom. The Labute approximate surface area is 171 Å². The van der Waals surface area contributed by atoms with Crippen LogP contribution in [0.25, 0.3) is 5.57 Å². The molecule has 0 aromatic heterocycles. The van der Waals surface area contributed by atoms with E-state index in [1.807, 2.05) is 97.6 Å². The van der Waals surface area contributed by atoms with Crippen LogP contribution in [0.15, 0.2) is 84.4 Å². The van der Waals surface area contributed by atoms with Crippen molar-refractivity contribution in [3.05, 3.63) is 107 Å². The van der Waals surface area contributed by atoms with Gasteiger partial charge < -0.3 is 10.0 Å². The predicted molar refractivity (Wildman–Crippen MR) is 117 cm³/mol. The average Bonchev–Trinajstić information content (AvgIpc) is 3.00. The lowest BCUT2D eigenvalue weighted by atomic mass is 9.94. The lowest BCUT2D eigenvalue weighted by Gasteiger charge is -2.18. The minimum Gasteiger partial charge on any atom is -0.388 e. The number of benzene rings is 3. The van der Waals surface area contributed by atoms with E-state index < -0.39 is 6.10 Å². The van der Waals surface area contributed by atoms with Gasteiger partial charge in [-0.3, -0.25) is 4.79 Å². The summed E-state index contributed by atoms with van der Waals surface area (Å²) in [7, 11) is 0. The molecule has 0 bridgehead atoms. The van der Waals surface area contributed by atoms with E-state index in [2.05, 4.69) is 0 Å². The molecule has 1 aliphatic heterocycles. The molecule has 1 amide bonds. The van der Waals surface area contributed by atoms with Crippen molar-refractivity contribution in [3.8, 4) is 0 Å².